The first-order valence-electron chi connectivity index (χ1n) is 4.63. The maximum Gasteiger partial charge on any atom is 0.338 e. The van der Waals surface area contributed by atoms with Gasteiger partial charge in [-0.2, -0.15) is 0 Å². The number of carbonyl (C=O) groups excluding carboxylic acids is 1. The molecule has 1 aliphatic heterocycles. The molecule has 0 saturated carbocycles. The van der Waals surface area contributed by atoms with Crippen LogP contribution in [0.25, 0.3) is 0 Å². The molecule has 0 fully saturated rings. The number of aliphatic hydroxyl groups excluding tert-OH is 1. The Morgan fingerprint density at radius 2 is 2.20 bits per heavy atom. The summed E-state index contributed by atoms with van der Waals surface area (Å²) in [6.07, 6.45) is 0.632. The molecule has 0 atom stereocenters. The van der Waals surface area contributed by atoms with Crippen LogP contribution in [0.4, 0.5) is 0 Å². The van der Waals surface area contributed by atoms with E-state index in [4.69, 9.17) is 9.84 Å². The Hall–Kier alpha value is -0.620. The molecule has 82 valence electrons. The van der Waals surface area contributed by atoms with Crippen molar-refractivity contribution in [3.05, 3.63) is 34.4 Å². The van der Waals surface area contributed by atoms with Gasteiger partial charge < -0.3 is 9.84 Å². The van der Waals surface area contributed by atoms with Gasteiger partial charge >= 0.3 is 5.97 Å². The first-order valence-corrected chi connectivity index (χ1v) is 4.63. The highest BCUT2D eigenvalue weighted by Gasteiger charge is 2.23. The number of carbonyl (C=O) groups is 1. The molecule has 1 aromatic carbocycles. The molecule has 0 aromatic heterocycles. The van der Waals surface area contributed by atoms with Gasteiger partial charge in [-0.3, -0.25) is 0 Å². The van der Waals surface area contributed by atoms with Gasteiger partial charge in [0, 0.05) is 12.2 Å². The van der Waals surface area contributed by atoms with Gasteiger partial charge in [-0.05, 0) is 30.5 Å². The highest BCUT2D eigenvalue weighted by molar-refractivity contribution is 14.0. The number of rotatable bonds is 2. The Bertz CT molecular complexity index is 388. The zero-order valence-electron chi connectivity index (χ0n) is 8.45. The highest BCUT2D eigenvalue weighted by Crippen LogP contribution is 2.25. The monoisotopic (exact) mass is 320 g/mol. The summed E-state index contributed by atoms with van der Waals surface area (Å²) < 4.78 is 4.94. The van der Waals surface area contributed by atoms with Crippen molar-refractivity contribution < 1.29 is 14.6 Å². The second kappa shape index (κ2) is 4.94. The van der Waals surface area contributed by atoms with Crippen molar-refractivity contribution in [3.63, 3.8) is 0 Å². The molecular formula is C11H13IO3. The van der Waals surface area contributed by atoms with Crippen LogP contribution in [0.5, 0.6) is 0 Å². The van der Waals surface area contributed by atoms with Crippen LogP contribution in [-0.4, -0.2) is 17.7 Å². The summed E-state index contributed by atoms with van der Waals surface area (Å²) in [5.41, 5.74) is 3.80. The van der Waals surface area contributed by atoms with Crippen LogP contribution in [0, 0.1) is 6.92 Å². The fourth-order valence-electron chi connectivity index (χ4n) is 1.79. The van der Waals surface area contributed by atoms with Crippen LogP contribution < -0.4 is 0 Å². The summed E-state index contributed by atoms with van der Waals surface area (Å²) in [5, 5.41) is 8.85. The summed E-state index contributed by atoms with van der Waals surface area (Å²) in [6.45, 7) is 2.47. The van der Waals surface area contributed by atoms with Crippen molar-refractivity contribution in [2.45, 2.75) is 20.0 Å². The van der Waals surface area contributed by atoms with Crippen LogP contribution in [0.1, 0.15) is 27.0 Å². The summed E-state index contributed by atoms with van der Waals surface area (Å²) in [7, 11) is 0. The van der Waals surface area contributed by atoms with Gasteiger partial charge in [-0.25, -0.2) is 4.79 Å². The minimum absolute atomic E-state index is 0. The Labute approximate surface area is 105 Å². The lowest BCUT2D eigenvalue weighted by Gasteiger charge is -2.06. The number of esters is 1. The van der Waals surface area contributed by atoms with Crippen molar-refractivity contribution in [1.29, 1.82) is 0 Å². The molecule has 0 bridgehead atoms. The average molecular weight is 320 g/mol. The summed E-state index contributed by atoms with van der Waals surface area (Å²) in [4.78, 5) is 11.2. The van der Waals surface area contributed by atoms with Gasteiger partial charge in [0.25, 0.3) is 0 Å². The molecule has 4 heteroatoms. The van der Waals surface area contributed by atoms with E-state index in [1.165, 1.54) is 0 Å². The molecule has 0 spiro atoms. The number of hydrogen-bond acceptors (Lipinski definition) is 3. The smallest absolute Gasteiger partial charge is 0.338 e. The molecule has 3 nitrogen and oxygen atoms in total. The normalized spacial score (nSPS) is 13.1. The van der Waals surface area contributed by atoms with Crippen LogP contribution in [0.3, 0.4) is 0 Å². The second-order valence-electron chi connectivity index (χ2n) is 3.43. The number of aliphatic hydroxyl groups is 1. The molecule has 1 heterocycles. The maximum atomic E-state index is 11.2. The van der Waals surface area contributed by atoms with E-state index in [9.17, 15) is 4.79 Å². The maximum absolute atomic E-state index is 11.2. The molecule has 2 rings (SSSR count). The van der Waals surface area contributed by atoms with Crippen LogP contribution in [0.2, 0.25) is 0 Å². The number of cyclic esters (lactones) is 1. The molecule has 0 aliphatic carbocycles. The minimum atomic E-state index is -0.237. The zero-order chi connectivity index (χ0) is 10.1. The van der Waals surface area contributed by atoms with Crippen molar-refractivity contribution in [3.8, 4) is 0 Å². The topological polar surface area (TPSA) is 46.5 Å². The number of ether oxygens (including phenoxy) is 1. The van der Waals surface area contributed by atoms with Gasteiger partial charge in [0.2, 0.25) is 0 Å². The number of hydrogen-bond donors (Lipinski definition) is 1. The van der Waals surface area contributed by atoms with Gasteiger partial charge in [-0.1, -0.05) is 6.07 Å². The van der Waals surface area contributed by atoms with Gasteiger partial charge in [-0.15, -0.1) is 24.0 Å². The van der Waals surface area contributed by atoms with Crippen molar-refractivity contribution in [2.75, 3.05) is 6.61 Å². The lowest BCUT2D eigenvalue weighted by atomic mass is 9.97. The largest absolute Gasteiger partial charge is 0.457 e. The summed E-state index contributed by atoms with van der Waals surface area (Å²) in [6, 6.07) is 3.67. The predicted molar refractivity (Wildman–Crippen MR) is 66.5 cm³/mol. The number of fused-ring (bicyclic) bond motifs is 1. The van der Waals surface area contributed by atoms with E-state index in [-0.39, 0.29) is 36.6 Å². The van der Waals surface area contributed by atoms with Crippen molar-refractivity contribution in [1.82, 2.24) is 0 Å². The zero-order valence-corrected chi connectivity index (χ0v) is 10.8. The Kier molecular flexibility index (Phi) is 4.10. The van der Waals surface area contributed by atoms with Crippen LogP contribution in [-0.2, 0) is 17.8 Å². The van der Waals surface area contributed by atoms with Gasteiger partial charge in [0.05, 0.1) is 5.56 Å². The Morgan fingerprint density at radius 1 is 1.47 bits per heavy atom. The van der Waals surface area contributed by atoms with Crippen molar-refractivity contribution in [2.24, 2.45) is 0 Å². The molecule has 15 heavy (non-hydrogen) atoms. The fourth-order valence-corrected chi connectivity index (χ4v) is 1.79. The third kappa shape index (κ3) is 2.15. The molecule has 0 unspecified atom stereocenters. The van der Waals surface area contributed by atoms with Gasteiger partial charge in [0.1, 0.15) is 6.61 Å². The fraction of sp³-hybridized carbons (Fsp3) is 0.364. The average Bonchev–Trinajstić information content (AvgIpc) is 2.54. The molecule has 0 amide bonds. The van der Waals surface area contributed by atoms with Crippen LogP contribution >= 0.6 is 24.0 Å². The van der Waals surface area contributed by atoms with Gasteiger partial charge in [0.15, 0.2) is 0 Å². The van der Waals surface area contributed by atoms with E-state index >= 15 is 0 Å². The van der Waals surface area contributed by atoms with E-state index in [0.29, 0.717) is 18.6 Å². The SMILES string of the molecule is Cc1c(CCO)ccc2c1COC2=O.I. The van der Waals surface area contributed by atoms with Crippen LogP contribution in [0.15, 0.2) is 12.1 Å². The summed E-state index contributed by atoms with van der Waals surface area (Å²) in [5.74, 6) is -0.237. The lowest BCUT2D eigenvalue weighted by Crippen LogP contribution is -1.99. The molecule has 0 saturated heterocycles. The van der Waals surface area contributed by atoms with E-state index < -0.39 is 0 Å². The minimum Gasteiger partial charge on any atom is -0.457 e. The highest BCUT2D eigenvalue weighted by atomic mass is 127. The molecule has 1 N–H and O–H groups in total. The number of halogens is 1. The Balaban J connectivity index is 0.00000112. The molecule has 0 radical (unpaired) electrons. The van der Waals surface area contributed by atoms with E-state index in [2.05, 4.69) is 0 Å². The Morgan fingerprint density at radius 3 is 2.87 bits per heavy atom. The molecule has 1 aliphatic rings. The van der Waals surface area contributed by atoms with E-state index in [0.717, 1.165) is 16.7 Å². The number of benzene rings is 1. The van der Waals surface area contributed by atoms with E-state index in [1.807, 2.05) is 13.0 Å². The third-order valence-electron chi connectivity index (χ3n) is 2.66. The lowest BCUT2D eigenvalue weighted by molar-refractivity contribution is 0.0535. The first-order chi connectivity index (χ1) is 6.74. The second-order valence-corrected chi connectivity index (χ2v) is 3.43. The van der Waals surface area contributed by atoms with E-state index in [1.54, 1.807) is 6.07 Å². The molecule has 1 aromatic rings. The first kappa shape index (κ1) is 12.4. The summed E-state index contributed by atoms with van der Waals surface area (Å²) >= 11 is 0. The van der Waals surface area contributed by atoms with Crippen molar-refractivity contribution >= 4 is 29.9 Å². The molecular weight excluding hydrogens is 307 g/mol. The third-order valence-corrected chi connectivity index (χ3v) is 2.66. The predicted octanol–water partition coefficient (Wildman–Crippen LogP) is 1.82. The quantitative estimate of drug-likeness (QED) is 0.668. The standard InChI is InChI=1S/C11H12O3.HI/c1-7-8(4-5-12)2-3-9-10(7)6-14-11(9)13;/h2-3,12H,4-6H2,1H3;1H.